The fourth-order valence-electron chi connectivity index (χ4n) is 2.58. The fourth-order valence-corrected chi connectivity index (χ4v) is 2.58. The number of hydrogen-bond acceptors (Lipinski definition) is 2. The van der Waals surface area contributed by atoms with E-state index in [1.54, 1.807) is 41.1 Å². The molecule has 0 bridgehead atoms. The summed E-state index contributed by atoms with van der Waals surface area (Å²) >= 11 is 0. The second-order valence-corrected chi connectivity index (χ2v) is 5.32. The molecule has 4 nitrogen and oxygen atoms in total. The number of aromatic amines is 1. The Hall–Kier alpha value is -3.28. The van der Waals surface area contributed by atoms with Gasteiger partial charge in [0.1, 0.15) is 17.5 Å². The van der Waals surface area contributed by atoms with E-state index in [9.17, 15) is 13.6 Å². The third-order valence-electron chi connectivity index (χ3n) is 3.78. The summed E-state index contributed by atoms with van der Waals surface area (Å²) in [6.45, 7) is 0. The summed E-state index contributed by atoms with van der Waals surface area (Å²) in [5.74, 6) is -0.362. The van der Waals surface area contributed by atoms with Gasteiger partial charge in [-0.2, -0.15) is 0 Å². The van der Waals surface area contributed by atoms with Crippen molar-refractivity contribution in [1.82, 2.24) is 14.5 Å². The Balaban J connectivity index is 1.93. The topological polar surface area (TPSA) is 50.7 Å². The van der Waals surface area contributed by atoms with Crippen molar-refractivity contribution >= 4 is 11.0 Å². The molecule has 0 amide bonds. The number of fused-ring (bicyclic) bond motifs is 1. The number of H-pyrrole nitrogens is 1. The lowest BCUT2D eigenvalue weighted by Gasteiger charge is -2.06. The highest BCUT2D eigenvalue weighted by Gasteiger charge is 2.11. The van der Waals surface area contributed by atoms with Crippen LogP contribution in [0.15, 0.2) is 65.6 Å². The smallest absolute Gasteiger partial charge is 0.260 e. The first-order valence-electron chi connectivity index (χ1n) is 7.25. The lowest BCUT2D eigenvalue weighted by atomic mass is 10.2. The SMILES string of the molecule is O=c1[nH]c(-c2ccc(F)cc2)nc2c1ccn2-c1ccc(F)cc1. The minimum absolute atomic E-state index is 0.291. The van der Waals surface area contributed by atoms with Gasteiger partial charge < -0.3 is 9.55 Å². The van der Waals surface area contributed by atoms with E-state index >= 15 is 0 Å². The summed E-state index contributed by atoms with van der Waals surface area (Å²) in [6, 6.07) is 13.3. The van der Waals surface area contributed by atoms with Gasteiger partial charge in [0.05, 0.1) is 5.39 Å². The van der Waals surface area contributed by atoms with Gasteiger partial charge >= 0.3 is 0 Å². The van der Waals surface area contributed by atoms with Crippen LogP contribution in [-0.4, -0.2) is 14.5 Å². The number of nitrogens with one attached hydrogen (secondary N) is 1. The molecule has 0 fully saturated rings. The van der Waals surface area contributed by atoms with Crippen LogP contribution in [0.2, 0.25) is 0 Å². The minimum Gasteiger partial charge on any atom is -0.306 e. The molecule has 0 radical (unpaired) electrons. The number of hydrogen-bond donors (Lipinski definition) is 1. The maximum atomic E-state index is 13.1. The molecule has 2 aromatic heterocycles. The van der Waals surface area contributed by atoms with Crippen LogP contribution in [-0.2, 0) is 0 Å². The highest BCUT2D eigenvalue weighted by atomic mass is 19.1. The van der Waals surface area contributed by atoms with Crippen LogP contribution in [0.1, 0.15) is 0 Å². The van der Waals surface area contributed by atoms with Crippen LogP contribution >= 0.6 is 0 Å². The van der Waals surface area contributed by atoms with E-state index in [-0.39, 0.29) is 17.2 Å². The molecule has 0 unspecified atom stereocenters. The third-order valence-corrected chi connectivity index (χ3v) is 3.78. The van der Waals surface area contributed by atoms with Crippen LogP contribution in [0.25, 0.3) is 28.1 Å². The second kappa shape index (κ2) is 5.42. The van der Waals surface area contributed by atoms with Crippen LogP contribution < -0.4 is 5.56 Å². The summed E-state index contributed by atoms with van der Waals surface area (Å²) < 4.78 is 27.9. The Morgan fingerprint density at radius 1 is 0.875 bits per heavy atom. The van der Waals surface area contributed by atoms with E-state index in [0.29, 0.717) is 28.1 Å². The van der Waals surface area contributed by atoms with Gasteiger partial charge in [-0.05, 0) is 54.6 Å². The zero-order valence-corrected chi connectivity index (χ0v) is 12.3. The molecular formula is C18H11F2N3O. The number of benzene rings is 2. The first kappa shape index (κ1) is 14.3. The molecule has 0 saturated carbocycles. The summed E-state index contributed by atoms with van der Waals surface area (Å²) in [4.78, 5) is 19.5. The molecule has 6 heteroatoms. The molecule has 4 rings (SSSR count). The standard InChI is InChI=1S/C18H11F2N3O/c19-12-3-1-11(2-4-12)16-21-17-15(18(24)22-16)9-10-23(17)14-7-5-13(20)6-8-14/h1-10H,(H,21,22,24). The Morgan fingerprint density at radius 3 is 2.17 bits per heavy atom. The van der Waals surface area contributed by atoms with Gasteiger partial charge in [-0.15, -0.1) is 0 Å². The molecule has 2 aromatic carbocycles. The fraction of sp³-hybridized carbons (Fsp3) is 0. The van der Waals surface area contributed by atoms with Crippen molar-refractivity contribution < 1.29 is 8.78 Å². The Kier molecular flexibility index (Phi) is 3.23. The van der Waals surface area contributed by atoms with Crippen LogP contribution in [0.5, 0.6) is 0 Å². The molecule has 1 N–H and O–H groups in total. The maximum absolute atomic E-state index is 13.1. The van der Waals surface area contributed by atoms with Crippen molar-refractivity contribution in [2.75, 3.05) is 0 Å². The summed E-state index contributed by atoms with van der Waals surface area (Å²) in [6.07, 6.45) is 1.70. The highest BCUT2D eigenvalue weighted by Crippen LogP contribution is 2.20. The third kappa shape index (κ3) is 2.38. The molecule has 2 heterocycles. The predicted octanol–water partition coefficient (Wildman–Crippen LogP) is 3.66. The van der Waals surface area contributed by atoms with E-state index in [1.165, 1.54) is 24.3 Å². The van der Waals surface area contributed by atoms with Crippen LogP contribution in [0.3, 0.4) is 0 Å². The summed E-state index contributed by atoms with van der Waals surface area (Å²) in [5.41, 5.74) is 1.45. The largest absolute Gasteiger partial charge is 0.306 e. The molecular weight excluding hydrogens is 312 g/mol. The van der Waals surface area contributed by atoms with Gasteiger partial charge in [-0.1, -0.05) is 0 Å². The first-order chi connectivity index (χ1) is 11.6. The van der Waals surface area contributed by atoms with Crippen molar-refractivity contribution in [3.63, 3.8) is 0 Å². The van der Waals surface area contributed by atoms with Gasteiger partial charge in [0, 0.05) is 17.4 Å². The number of halogens is 2. The molecule has 0 spiro atoms. The van der Waals surface area contributed by atoms with E-state index in [2.05, 4.69) is 9.97 Å². The maximum Gasteiger partial charge on any atom is 0.260 e. The van der Waals surface area contributed by atoms with Crippen molar-refractivity contribution in [3.8, 4) is 17.1 Å². The van der Waals surface area contributed by atoms with Crippen molar-refractivity contribution in [2.45, 2.75) is 0 Å². The molecule has 24 heavy (non-hydrogen) atoms. The minimum atomic E-state index is -0.364. The average molecular weight is 323 g/mol. The summed E-state index contributed by atoms with van der Waals surface area (Å²) in [5, 5.41) is 0.421. The van der Waals surface area contributed by atoms with E-state index in [1.807, 2.05) is 0 Å². The molecule has 0 aliphatic heterocycles. The quantitative estimate of drug-likeness (QED) is 0.612. The Morgan fingerprint density at radius 2 is 1.50 bits per heavy atom. The normalized spacial score (nSPS) is 11.1. The number of nitrogens with zero attached hydrogens (tertiary/aromatic N) is 2. The Labute approximate surface area is 135 Å². The Bertz CT molecular complexity index is 1080. The second-order valence-electron chi connectivity index (χ2n) is 5.32. The van der Waals surface area contributed by atoms with Gasteiger partial charge in [0.25, 0.3) is 5.56 Å². The predicted molar refractivity (Wildman–Crippen MR) is 87.0 cm³/mol. The molecule has 0 aliphatic rings. The first-order valence-corrected chi connectivity index (χ1v) is 7.25. The van der Waals surface area contributed by atoms with Crippen molar-refractivity contribution in [1.29, 1.82) is 0 Å². The highest BCUT2D eigenvalue weighted by molar-refractivity contribution is 5.79. The summed E-state index contributed by atoms with van der Waals surface area (Å²) in [7, 11) is 0. The number of rotatable bonds is 2. The molecule has 4 aromatic rings. The lowest BCUT2D eigenvalue weighted by molar-refractivity contribution is 0.627. The van der Waals surface area contributed by atoms with Crippen molar-refractivity contribution in [3.05, 3.63) is 82.8 Å². The van der Waals surface area contributed by atoms with E-state index < -0.39 is 0 Å². The molecule has 0 saturated heterocycles. The van der Waals surface area contributed by atoms with Gasteiger partial charge in [0.2, 0.25) is 0 Å². The van der Waals surface area contributed by atoms with E-state index in [4.69, 9.17) is 0 Å². The monoisotopic (exact) mass is 323 g/mol. The van der Waals surface area contributed by atoms with Gasteiger partial charge in [-0.3, -0.25) is 4.79 Å². The van der Waals surface area contributed by atoms with Crippen LogP contribution in [0, 0.1) is 11.6 Å². The molecule has 0 aliphatic carbocycles. The molecule has 0 atom stereocenters. The zero-order valence-electron chi connectivity index (χ0n) is 12.3. The van der Waals surface area contributed by atoms with E-state index in [0.717, 1.165) is 0 Å². The zero-order chi connectivity index (χ0) is 16.7. The lowest BCUT2D eigenvalue weighted by Crippen LogP contribution is -2.10. The van der Waals surface area contributed by atoms with Crippen LogP contribution in [0.4, 0.5) is 8.78 Å². The molecule has 118 valence electrons. The van der Waals surface area contributed by atoms with Crippen molar-refractivity contribution in [2.24, 2.45) is 0 Å². The van der Waals surface area contributed by atoms with Gasteiger partial charge in [-0.25, -0.2) is 13.8 Å². The van der Waals surface area contributed by atoms with Gasteiger partial charge in [0.15, 0.2) is 5.65 Å². The average Bonchev–Trinajstić information content (AvgIpc) is 3.01. The number of aromatic nitrogens is 3.